The average molecular weight is 337 g/mol. The zero-order valence-electron chi connectivity index (χ0n) is 16.0. The first-order chi connectivity index (χ1) is 11.7. The lowest BCUT2D eigenvalue weighted by Crippen LogP contribution is -2.54. The van der Waals surface area contributed by atoms with Crippen LogP contribution in [0.2, 0.25) is 0 Å². The van der Waals surface area contributed by atoms with Gasteiger partial charge in [-0.25, -0.2) is 0 Å². The maximum atomic E-state index is 10.6. The van der Waals surface area contributed by atoms with Crippen LogP contribution in [0.1, 0.15) is 59.3 Å². The Balaban J connectivity index is 2.64. The maximum Gasteiger partial charge on any atom is 0.137 e. The van der Waals surface area contributed by atoms with E-state index < -0.39 is 6.10 Å². The minimum Gasteiger partial charge on any atom is -0.491 e. The Morgan fingerprint density at radius 1 is 0.875 bits per heavy atom. The molecule has 1 aromatic carbocycles. The molecule has 138 valence electrons. The zero-order chi connectivity index (χ0) is 17.7. The van der Waals surface area contributed by atoms with E-state index in [1.165, 1.54) is 58.2 Å². The molecule has 0 aliphatic heterocycles. The van der Waals surface area contributed by atoms with Gasteiger partial charge in [0.2, 0.25) is 0 Å². The highest BCUT2D eigenvalue weighted by Crippen LogP contribution is 2.17. The van der Waals surface area contributed by atoms with E-state index in [1.54, 1.807) is 0 Å². The molecule has 0 aliphatic rings. The third kappa shape index (κ3) is 8.16. The normalized spacial score (nSPS) is 13.0. The van der Waals surface area contributed by atoms with Crippen LogP contribution in [0.3, 0.4) is 0 Å². The first-order valence-electron chi connectivity index (χ1n) is 9.86. The van der Waals surface area contributed by atoms with Crippen molar-refractivity contribution < 1.29 is 14.3 Å². The molecule has 0 amide bonds. The Hall–Kier alpha value is -1.06. The van der Waals surface area contributed by atoms with Crippen molar-refractivity contribution in [1.29, 1.82) is 0 Å². The van der Waals surface area contributed by atoms with E-state index in [4.69, 9.17) is 4.74 Å². The summed E-state index contributed by atoms with van der Waals surface area (Å²) in [6.07, 6.45) is 6.95. The third-order valence-corrected chi connectivity index (χ3v) is 4.74. The topological polar surface area (TPSA) is 29.5 Å². The van der Waals surface area contributed by atoms with Gasteiger partial charge in [0.15, 0.2) is 0 Å². The van der Waals surface area contributed by atoms with Crippen molar-refractivity contribution in [2.45, 2.75) is 65.4 Å². The molecule has 3 nitrogen and oxygen atoms in total. The average Bonchev–Trinajstić information content (AvgIpc) is 2.62. The second kappa shape index (κ2) is 12.3. The summed E-state index contributed by atoms with van der Waals surface area (Å²) >= 11 is 0. The number of aliphatic hydroxyl groups excluding tert-OH is 1. The number of hydrogen-bond acceptors (Lipinski definition) is 2. The minimum absolute atomic E-state index is 0.383. The monoisotopic (exact) mass is 336 g/mol. The Labute approximate surface area is 149 Å². The fourth-order valence-corrected chi connectivity index (χ4v) is 3.30. The molecule has 0 aliphatic carbocycles. The number of ether oxygens (including phenoxy) is 1. The van der Waals surface area contributed by atoms with Gasteiger partial charge in [0.05, 0.1) is 19.6 Å². The molecule has 0 saturated carbocycles. The van der Waals surface area contributed by atoms with E-state index in [0.717, 1.165) is 16.8 Å². The Bertz CT molecular complexity index is 386. The molecule has 0 aromatic heterocycles. The SMILES string of the molecule is CCCC[N+](CCCC)(CCCC)CC(O)COc1ccccc1. The van der Waals surface area contributed by atoms with Crippen molar-refractivity contribution in [2.75, 3.05) is 32.8 Å². The first kappa shape index (κ1) is 21.0. The van der Waals surface area contributed by atoms with Crippen LogP contribution < -0.4 is 4.74 Å². The standard InChI is InChI=1S/C21H38NO2/c1-4-7-15-22(16-8-5-2,17-9-6-3)18-20(23)19-24-21-13-11-10-12-14-21/h10-14,20,23H,4-9,15-19H2,1-3H3/q+1. The van der Waals surface area contributed by atoms with Crippen molar-refractivity contribution >= 4 is 0 Å². The van der Waals surface area contributed by atoms with Gasteiger partial charge in [-0.05, 0) is 31.4 Å². The van der Waals surface area contributed by atoms with Gasteiger partial charge < -0.3 is 14.3 Å². The number of benzene rings is 1. The van der Waals surface area contributed by atoms with Gasteiger partial charge in [-0.3, -0.25) is 0 Å². The quantitative estimate of drug-likeness (QED) is 0.501. The smallest absolute Gasteiger partial charge is 0.137 e. The van der Waals surface area contributed by atoms with Gasteiger partial charge in [0, 0.05) is 0 Å². The number of nitrogens with zero attached hydrogens (tertiary/aromatic N) is 1. The number of quaternary nitrogens is 1. The van der Waals surface area contributed by atoms with E-state index in [0.29, 0.717) is 6.61 Å². The van der Waals surface area contributed by atoms with E-state index in [-0.39, 0.29) is 0 Å². The second-order valence-electron chi connectivity index (χ2n) is 7.03. The Morgan fingerprint density at radius 2 is 1.38 bits per heavy atom. The van der Waals surface area contributed by atoms with Crippen LogP contribution in [0.25, 0.3) is 0 Å². The van der Waals surface area contributed by atoms with Gasteiger partial charge in [0.25, 0.3) is 0 Å². The van der Waals surface area contributed by atoms with Crippen LogP contribution in [0, 0.1) is 0 Å². The summed E-state index contributed by atoms with van der Waals surface area (Å²) in [4.78, 5) is 0. The maximum absolute atomic E-state index is 10.6. The summed E-state index contributed by atoms with van der Waals surface area (Å²) in [5.41, 5.74) is 0. The second-order valence-corrected chi connectivity index (χ2v) is 7.03. The van der Waals surface area contributed by atoms with E-state index in [9.17, 15) is 5.11 Å². The molecule has 0 spiro atoms. The van der Waals surface area contributed by atoms with Crippen molar-refractivity contribution in [3.63, 3.8) is 0 Å². The van der Waals surface area contributed by atoms with Crippen molar-refractivity contribution in [3.05, 3.63) is 30.3 Å². The number of rotatable bonds is 14. The van der Waals surface area contributed by atoms with Gasteiger partial charge in [0.1, 0.15) is 25.0 Å². The summed E-state index contributed by atoms with van der Waals surface area (Å²) < 4.78 is 6.82. The lowest BCUT2D eigenvalue weighted by atomic mass is 10.1. The van der Waals surface area contributed by atoms with Crippen molar-refractivity contribution in [3.8, 4) is 5.75 Å². The molecule has 24 heavy (non-hydrogen) atoms. The summed E-state index contributed by atoms with van der Waals surface area (Å²) in [6, 6.07) is 9.79. The van der Waals surface area contributed by atoms with Crippen LogP contribution in [-0.4, -0.2) is 48.5 Å². The highest BCUT2D eigenvalue weighted by atomic mass is 16.5. The Morgan fingerprint density at radius 3 is 1.83 bits per heavy atom. The molecule has 3 heteroatoms. The minimum atomic E-state index is -0.407. The molecule has 0 radical (unpaired) electrons. The van der Waals surface area contributed by atoms with Crippen molar-refractivity contribution in [1.82, 2.24) is 0 Å². The van der Waals surface area contributed by atoms with Gasteiger partial charge in [-0.15, -0.1) is 0 Å². The van der Waals surface area contributed by atoms with Crippen LogP contribution >= 0.6 is 0 Å². The lowest BCUT2D eigenvalue weighted by Gasteiger charge is -2.40. The number of unbranched alkanes of at least 4 members (excludes halogenated alkanes) is 3. The van der Waals surface area contributed by atoms with E-state index in [2.05, 4.69) is 20.8 Å². The van der Waals surface area contributed by atoms with Crippen LogP contribution in [0.15, 0.2) is 30.3 Å². The largest absolute Gasteiger partial charge is 0.491 e. The summed E-state index contributed by atoms with van der Waals surface area (Å²) in [7, 11) is 0. The first-order valence-corrected chi connectivity index (χ1v) is 9.86. The summed E-state index contributed by atoms with van der Waals surface area (Å²) in [5.74, 6) is 0.838. The molecule has 0 bridgehead atoms. The van der Waals surface area contributed by atoms with Gasteiger partial charge in [-0.2, -0.15) is 0 Å². The predicted octanol–water partition coefficient (Wildman–Crippen LogP) is 4.64. The predicted molar refractivity (Wildman–Crippen MR) is 102 cm³/mol. The fourth-order valence-electron chi connectivity index (χ4n) is 3.30. The fraction of sp³-hybridized carbons (Fsp3) is 0.714. The molecule has 0 saturated heterocycles. The highest BCUT2D eigenvalue weighted by Gasteiger charge is 2.29. The van der Waals surface area contributed by atoms with Crippen LogP contribution in [0.5, 0.6) is 5.75 Å². The van der Waals surface area contributed by atoms with E-state index in [1.807, 2.05) is 30.3 Å². The molecule has 1 N–H and O–H groups in total. The molecule has 0 fully saturated rings. The van der Waals surface area contributed by atoms with Gasteiger partial charge >= 0.3 is 0 Å². The third-order valence-electron chi connectivity index (χ3n) is 4.74. The highest BCUT2D eigenvalue weighted by molar-refractivity contribution is 5.20. The molecular weight excluding hydrogens is 298 g/mol. The van der Waals surface area contributed by atoms with E-state index >= 15 is 0 Å². The molecule has 0 heterocycles. The lowest BCUT2D eigenvalue weighted by molar-refractivity contribution is -0.931. The zero-order valence-corrected chi connectivity index (χ0v) is 16.0. The summed E-state index contributed by atoms with van der Waals surface area (Å²) in [5, 5.41) is 10.6. The van der Waals surface area contributed by atoms with Crippen molar-refractivity contribution in [2.24, 2.45) is 0 Å². The number of para-hydroxylation sites is 1. The molecular formula is C21H38NO2+. The van der Waals surface area contributed by atoms with Crippen LogP contribution in [0.4, 0.5) is 0 Å². The number of aliphatic hydroxyl groups is 1. The molecule has 1 rings (SSSR count). The summed E-state index contributed by atoms with van der Waals surface area (Å²) in [6.45, 7) is 11.5. The van der Waals surface area contributed by atoms with Gasteiger partial charge in [-0.1, -0.05) is 58.2 Å². The molecule has 1 atom stereocenters. The molecule has 1 unspecified atom stereocenters. The van der Waals surface area contributed by atoms with Crippen LogP contribution in [-0.2, 0) is 0 Å². The molecule has 1 aromatic rings. The Kier molecular flexibility index (Phi) is 10.8. The number of hydrogen-bond donors (Lipinski definition) is 1.